The van der Waals surface area contributed by atoms with E-state index in [1.807, 2.05) is 54.2 Å². The number of imidazole rings is 1. The SMILES string of the molecule is Cn1ccnc1SCCNC(=O)c1cc(C2CC2)nn1-c1ccccc1. The molecule has 1 saturated carbocycles. The highest BCUT2D eigenvalue weighted by atomic mass is 32.2. The molecule has 3 aromatic rings. The molecule has 26 heavy (non-hydrogen) atoms. The van der Waals surface area contributed by atoms with Gasteiger partial charge < -0.3 is 9.88 Å². The quantitative estimate of drug-likeness (QED) is 0.515. The van der Waals surface area contributed by atoms with Crippen LogP contribution in [0.2, 0.25) is 0 Å². The van der Waals surface area contributed by atoms with Crippen LogP contribution in [0.3, 0.4) is 0 Å². The van der Waals surface area contributed by atoms with Crippen molar-refractivity contribution in [1.29, 1.82) is 0 Å². The van der Waals surface area contributed by atoms with Gasteiger partial charge in [0.15, 0.2) is 5.16 Å². The predicted octanol–water partition coefficient (Wildman–Crippen LogP) is 3.01. The summed E-state index contributed by atoms with van der Waals surface area (Å²) in [5, 5.41) is 8.64. The standard InChI is InChI=1S/C19H21N5OS/c1-23-11-9-21-19(23)26-12-10-20-18(25)17-13-16(14-7-8-14)22-24(17)15-5-3-2-4-6-15/h2-6,9,11,13-14H,7-8,10,12H2,1H3,(H,20,25). The summed E-state index contributed by atoms with van der Waals surface area (Å²) in [7, 11) is 1.96. The number of carbonyl (C=O) groups excluding carboxylic acids is 1. The molecule has 0 spiro atoms. The van der Waals surface area contributed by atoms with E-state index in [0.29, 0.717) is 18.2 Å². The van der Waals surface area contributed by atoms with Crippen LogP contribution in [0.25, 0.3) is 5.69 Å². The lowest BCUT2D eigenvalue weighted by Crippen LogP contribution is -2.28. The zero-order valence-electron chi connectivity index (χ0n) is 14.6. The number of para-hydroxylation sites is 1. The first-order valence-electron chi connectivity index (χ1n) is 8.76. The lowest BCUT2D eigenvalue weighted by molar-refractivity contribution is 0.0948. The number of thioether (sulfide) groups is 1. The molecule has 1 fully saturated rings. The molecular weight excluding hydrogens is 346 g/mol. The van der Waals surface area contributed by atoms with Crippen molar-refractivity contribution in [3.8, 4) is 5.69 Å². The number of nitrogens with zero attached hydrogens (tertiary/aromatic N) is 4. The number of aryl methyl sites for hydroxylation is 1. The molecule has 1 aliphatic carbocycles. The van der Waals surface area contributed by atoms with Crippen molar-refractivity contribution in [2.75, 3.05) is 12.3 Å². The van der Waals surface area contributed by atoms with Crippen LogP contribution in [0.5, 0.6) is 0 Å². The summed E-state index contributed by atoms with van der Waals surface area (Å²) in [6.07, 6.45) is 6.01. The zero-order chi connectivity index (χ0) is 17.9. The van der Waals surface area contributed by atoms with Crippen molar-refractivity contribution in [2.24, 2.45) is 7.05 Å². The van der Waals surface area contributed by atoms with Crippen molar-refractivity contribution < 1.29 is 4.79 Å². The molecule has 1 amide bonds. The molecule has 0 bridgehead atoms. The van der Waals surface area contributed by atoms with Gasteiger partial charge in [-0.1, -0.05) is 30.0 Å². The van der Waals surface area contributed by atoms with E-state index in [9.17, 15) is 4.79 Å². The van der Waals surface area contributed by atoms with Crippen molar-refractivity contribution in [3.63, 3.8) is 0 Å². The molecule has 0 atom stereocenters. The molecule has 7 heteroatoms. The maximum atomic E-state index is 12.7. The number of hydrogen-bond donors (Lipinski definition) is 1. The molecule has 1 aliphatic rings. The molecule has 0 saturated heterocycles. The first kappa shape index (κ1) is 16.9. The number of hydrogen-bond acceptors (Lipinski definition) is 4. The third-order valence-corrected chi connectivity index (χ3v) is 5.41. The molecule has 0 aliphatic heterocycles. The molecule has 1 aromatic carbocycles. The van der Waals surface area contributed by atoms with E-state index in [1.165, 1.54) is 0 Å². The summed E-state index contributed by atoms with van der Waals surface area (Å²) in [6, 6.07) is 11.8. The van der Waals surface area contributed by atoms with Gasteiger partial charge in [0.25, 0.3) is 5.91 Å². The Morgan fingerprint density at radius 3 is 2.81 bits per heavy atom. The number of nitrogens with one attached hydrogen (secondary N) is 1. The third-order valence-electron chi connectivity index (χ3n) is 4.35. The second-order valence-corrected chi connectivity index (χ2v) is 7.46. The maximum Gasteiger partial charge on any atom is 0.270 e. The van der Waals surface area contributed by atoms with Gasteiger partial charge in [0.2, 0.25) is 0 Å². The highest BCUT2D eigenvalue weighted by molar-refractivity contribution is 7.99. The molecule has 4 rings (SSSR count). The first-order valence-corrected chi connectivity index (χ1v) is 9.74. The number of benzene rings is 1. The number of aromatic nitrogens is 4. The molecular formula is C19H21N5OS. The Morgan fingerprint density at radius 2 is 2.12 bits per heavy atom. The lowest BCUT2D eigenvalue weighted by atomic mass is 10.2. The number of rotatable bonds is 7. The van der Waals surface area contributed by atoms with E-state index in [4.69, 9.17) is 0 Å². The predicted molar refractivity (Wildman–Crippen MR) is 102 cm³/mol. The van der Waals surface area contributed by atoms with E-state index >= 15 is 0 Å². The van der Waals surface area contributed by atoms with Crippen molar-refractivity contribution in [1.82, 2.24) is 24.6 Å². The average Bonchev–Trinajstić information content (AvgIpc) is 3.29. The minimum atomic E-state index is -0.0892. The molecule has 2 heterocycles. The highest BCUT2D eigenvalue weighted by Crippen LogP contribution is 2.39. The van der Waals surface area contributed by atoms with Crippen molar-refractivity contribution in [2.45, 2.75) is 23.9 Å². The Morgan fingerprint density at radius 1 is 1.31 bits per heavy atom. The van der Waals surface area contributed by atoms with Gasteiger partial charge in [0.1, 0.15) is 5.69 Å². The Kier molecular flexibility index (Phi) is 4.79. The first-order chi connectivity index (χ1) is 12.7. The summed E-state index contributed by atoms with van der Waals surface area (Å²) in [5.74, 6) is 1.19. The fraction of sp³-hybridized carbons (Fsp3) is 0.316. The fourth-order valence-electron chi connectivity index (χ4n) is 2.79. The Hall–Kier alpha value is -2.54. The zero-order valence-corrected chi connectivity index (χ0v) is 15.4. The van der Waals surface area contributed by atoms with Crippen molar-refractivity contribution >= 4 is 17.7 Å². The van der Waals surface area contributed by atoms with Gasteiger partial charge in [0, 0.05) is 37.7 Å². The van der Waals surface area contributed by atoms with Crippen LogP contribution in [0.15, 0.2) is 53.9 Å². The summed E-state index contributed by atoms with van der Waals surface area (Å²) in [5.41, 5.74) is 2.52. The van der Waals surface area contributed by atoms with Crippen LogP contribution in [0.1, 0.15) is 34.9 Å². The van der Waals surface area contributed by atoms with Crippen LogP contribution in [0, 0.1) is 0 Å². The monoisotopic (exact) mass is 367 g/mol. The summed E-state index contributed by atoms with van der Waals surface area (Å²) in [6.45, 7) is 0.578. The molecule has 0 unspecified atom stereocenters. The highest BCUT2D eigenvalue weighted by Gasteiger charge is 2.28. The van der Waals surface area contributed by atoms with E-state index in [1.54, 1.807) is 22.6 Å². The maximum absolute atomic E-state index is 12.7. The van der Waals surface area contributed by atoms with Gasteiger partial charge in [-0.2, -0.15) is 5.10 Å². The summed E-state index contributed by atoms with van der Waals surface area (Å²) in [4.78, 5) is 17.0. The Balaban J connectivity index is 1.44. The van der Waals surface area contributed by atoms with Gasteiger partial charge in [-0.25, -0.2) is 9.67 Å². The number of amides is 1. The molecule has 6 nitrogen and oxygen atoms in total. The van der Waals surface area contributed by atoms with E-state index in [2.05, 4.69) is 15.4 Å². The van der Waals surface area contributed by atoms with Gasteiger partial charge in [-0.3, -0.25) is 4.79 Å². The largest absolute Gasteiger partial charge is 0.350 e. The summed E-state index contributed by atoms with van der Waals surface area (Å²) >= 11 is 1.63. The molecule has 134 valence electrons. The van der Waals surface area contributed by atoms with Crippen LogP contribution in [-0.2, 0) is 7.05 Å². The van der Waals surface area contributed by atoms with Crippen LogP contribution >= 0.6 is 11.8 Å². The van der Waals surface area contributed by atoms with E-state index in [-0.39, 0.29) is 5.91 Å². The topological polar surface area (TPSA) is 64.7 Å². The minimum Gasteiger partial charge on any atom is -0.350 e. The van der Waals surface area contributed by atoms with Gasteiger partial charge in [-0.05, 0) is 31.0 Å². The molecule has 1 N–H and O–H groups in total. The van der Waals surface area contributed by atoms with Crippen molar-refractivity contribution in [3.05, 3.63) is 60.2 Å². The third kappa shape index (κ3) is 3.67. The second-order valence-electron chi connectivity index (χ2n) is 6.40. The van der Waals surface area contributed by atoms with Gasteiger partial charge in [-0.15, -0.1) is 0 Å². The van der Waals surface area contributed by atoms with E-state index in [0.717, 1.165) is 35.1 Å². The minimum absolute atomic E-state index is 0.0892. The van der Waals surface area contributed by atoms with Crippen LogP contribution < -0.4 is 5.32 Å². The molecule has 2 aromatic heterocycles. The van der Waals surface area contributed by atoms with Gasteiger partial charge in [0.05, 0.1) is 11.4 Å². The van der Waals surface area contributed by atoms with Gasteiger partial charge >= 0.3 is 0 Å². The lowest BCUT2D eigenvalue weighted by Gasteiger charge is -2.08. The normalized spacial score (nSPS) is 13.7. The molecule has 0 radical (unpaired) electrons. The smallest absolute Gasteiger partial charge is 0.270 e. The van der Waals surface area contributed by atoms with Crippen LogP contribution in [-0.4, -0.2) is 37.5 Å². The fourth-order valence-corrected chi connectivity index (χ4v) is 3.58. The Labute approximate surface area is 156 Å². The van der Waals surface area contributed by atoms with Crippen LogP contribution in [0.4, 0.5) is 0 Å². The second kappa shape index (κ2) is 7.37. The number of carbonyl (C=O) groups is 1. The van der Waals surface area contributed by atoms with E-state index < -0.39 is 0 Å². The average molecular weight is 367 g/mol. The summed E-state index contributed by atoms with van der Waals surface area (Å²) < 4.78 is 3.73. The Bertz CT molecular complexity index is 898.